The summed E-state index contributed by atoms with van der Waals surface area (Å²) < 4.78 is 0. The summed E-state index contributed by atoms with van der Waals surface area (Å²) in [5.41, 5.74) is 0.940. The highest BCUT2D eigenvalue weighted by molar-refractivity contribution is 5.09. The summed E-state index contributed by atoms with van der Waals surface area (Å²) in [5.74, 6) is 3.29. The van der Waals surface area contributed by atoms with Crippen molar-refractivity contribution >= 4 is 0 Å². The zero-order chi connectivity index (χ0) is 30.1. The maximum absolute atomic E-state index is 11.9. The zero-order valence-electron chi connectivity index (χ0n) is 29.0. The first kappa shape index (κ1) is 33.4. The average molecular weight is 547 g/mol. The van der Waals surface area contributed by atoms with Gasteiger partial charge in [-0.1, -0.05) is 104 Å². The minimum Gasteiger partial charge on any atom is -0.393 e. The summed E-state index contributed by atoms with van der Waals surface area (Å²) in [4.78, 5) is 0. The number of aliphatic hydroxyl groups excluding tert-OH is 2. The summed E-state index contributed by atoms with van der Waals surface area (Å²) in [7, 11) is 0. The van der Waals surface area contributed by atoms with Crippen LogP contribution in [0, 0.1) is 73.9 Å². The molecule has 3 fully saturated rings. The zero-order valence-corrected chi connectivity index (χ0v) is 29.0. The summed E-state index contributed by atoms with van der Waals surface area (Å²) >= 11 is 0. The number of hydrogen-bond acceptors (Lipinski definition) is 2. The predicted octanol–water partition coefficient (Wildman–Crippen LogP) is 10.0. The molecule has 2 heteroatoms. The van der Waals surface area contributed by atoms with Crippen LogP contribution in [0.5, 0.6) is 0 Å². The Labute approximate surface area is 244 Å². The Kier molecular flexibility index (Phi) is 9.06. The first-order valence-electron chi connectivity index (χ1n) is 16.7. The molecule has 0 saturated heterocycles. The second-order valence-electron chi connectivity index (χ2n) is 20.0. The van der Waals surface area contributed by atoms with E-state index in [1.165, 1.54) is 19.3 Å². The van der Waals surface area contributed by atoms with E-state index < -0.39 is 0 Å². The average Bonchev–Trinajstić information content (AvgIpc) is 2.72. The second kappa shape index (κ2) is 10.6. The molecule has 5 unspecified atom stereocenters. The van der Waals surface area contributed by atoms with Gasteiger partial charge in [0.25, 0.3) is 0 Å². The monoisotopic (exact) mass is 547 g/mol. The molecule has 0 bridgehead atoms. The molecule has 0 aliphatic heterocycles. The molecule has 39 heavy (non-hydrogen) atoms. The van der Waals surface area contributed by atoms with Crippen LogP contribution >= 0.6 is 0 Å². The third kappa shape index (κ3) is 6.63. The number of aliphatic hydroxyl groups is 2. The van der Waals surface area contributed by atoms with Crippen molar-refractivity contribution in [3.8, 4) is 0 Å². The minimum atomic E-state index is -0.230. The van der Waals surface area contributed by atoms with Crippen LogP contribution in [0.3, 0.4) is 0 Å². The third-order valence-corrected chi connectivity index (χ3v) is 13.0. The van der Waals surface area contributed by atoms with Gasteiger partial charge in [-0.15, -0.1) is 0 Å². The van der Waals surface area contributed by atoms with E-state index in [0.29, 0.717) is 40.9 Å². The highest BCUT2D eigenvalue weighted by atomic mass is 16.3. The number of rotatable bonds is 2. The lowest BCUT2D eigenvalue weighted by Crippen LogP contribution is -2.57. The van der Waals surface area contributed by atoms with Crippen molar-refractivity contribution < 1.29 is 10.2 Å². The Morgan fingerprint density at radius 3 is 1.05 bits per heavy atom. The molecular formula is C37H70O2. The Morgan fingerprint density at radius 1 is 0.538 bits per heavy atom. The molecular weight excluding hydrogens is 476 g/mol. The molecule has 0 radical (unpaired) electrons. The number of hydrogen-bond donors (Lipinski definition) is 2. The molecule has 5 atom stereocenters. The first-order chi connectivity index (χ1) is 17.3. The van der Waals surface area contributed by atoms with Gasteiger partial charge in [-0.2, -0.15) is 0 Å². The van der Waals surface area contributed by atoms with Crippen LogP contribution in [-0.2, 0) is 0 Å². The van der Waals surface area contributed by atoms with Crippen LogP contribution in [0.25, 0.3) is 0 Å². The van der Waals surface area contributed by atoms with Gasteiger partial charge >= 0.3 is 0 Å². The Morgan fingerprint density at radius 2 is 0.821 bits per heavy atom. The molecule has 3 aliphatic rings. The van der Waals surface area contributed by atoms with Gasteiger partial charge in [0.1, 0.15) is 0 Å². The van der Waals surface area contributed by atoms with Gasteiger partial charge in [0.05, 0.1) is 12.2 Å². The van der Waals surface area contributed by atoms with Crippen LogP contribution in [0.1, 0.15) is 149 Å². The van der Waals surface area contributed by atoms with Gasteiger partial charge in [-0.05, 0) is 119 Å². The minimum absolute atomic E-state index is 0.0882. The fourth-order valence-corrected chi connectivity index (χ4v) is 9.96. The maximum atomic E-state index is 11.9. The summed E-state index contributed by atoms with van der Waals surface area (Å²) in [5, 5.41) is 23.7. The SMILES string of the molecule is CC1CCC(C2CC(C(C)(C)C)C(O)C(C(C)(C)C)C2)(C2CC(C(C)(C)C)C(O)C(C(C)(C)C)C2)CC1(C)C. The molecule has 0 amide bonds. The van der Waals surface area contributed by atoms with E-state index in [2.05, 4.69) is 104 Å². The lowest BCUT2D eigenvalue weighted by atomic mass is 9.42. The van der Waals surface area contributed by atoms with Gasteiger partial charge in [0.15, 0.2) is 0 Å². The topological polar surface area (TPSA) is 40.5 Å². The van der Waals surface area contributed by atoms with E-state index in [0.717, 1.165) is 31.6 Å². The lowest BCUT2D eigenvalue weighted by Gasteiger charge is -2.63. The molecule has 0 aromatic rings. The fraction of sp³-hybridized carbons (Fsp3) is 1.00. The van der Waals surface area contributed by atoms with Gasteiger partial charge in [-0.25, -0.2) is 0 Å². The third-order valence-electron chi connectivity index (χ3n) is 13.0. The quantitative estimate of drug-likeness (QED) is 0.362. The lowest BCUT2D eigenvalue weighted by molar-refractivity contribution is -0.168. The second-order valence-corrected chi connectivity index (χ2v) is 20.0. The normalized spacial score (nSPS) is 42.8. The molecule has 0 aromatic carbocycles. The molecule has 0 aromatic heterocycles. The largest absolute Gasteiger partial charge is 0.393 e. The Balaban J connectivity index is 2.19. The van der Waals surface area contributed by atoms with Crippen molar-refractivity contribution in [3.05, 3.63) is 0 Å². The maximum Gasteiger partial charge on any atom is 0.0606 e. The van der Waals surface area contributed by atoms with Crippen LogP contribution in [-0.4, -0.2) is 22.4 Å². The van der Waals surface area contributed by atoms with Crippen molar-refractivity contribution in [2.75, 3.05) is 0 Å². The molecule has 2 nitrogen and oxygen atoms in total. The smallest absolute Gasteiger partial charge is 0.0606 e. The highest BCUT2D eigenvalue weighted by Crippen LogP contribution is 2.66. The first-order valence-corrected chi connectivity index (χ1v) is 16.7. The van der Waals surface area contributed by atoms with Crippen molar-refractivity contribution in [3.63, 3.8) is 0 Å². The standard InChI is InChI=1S/C37H70O2/c1-23-16-17-37(22-36(23,14)15,24-18-26(32(2,3)4)30(38)27(19-24)33(5,6)7)25-20-28(34(8,9)10)31(39)29(21-25)35(11,12)13/h23-31,38-39H,16-22H2,1-15H3. The van der Waals surface area contributed by atoms with E-state index in [1.807, 2.05) is 0 Å². The molecule has 230 valence electrons. The summed E-state index contributed by atoms with van der Waals surface area (Å²) in [6.07, 6.45) is 8.08. The van der Waals surface area contributed by atoms with Crippen LogP contribution in [0.15, 0.2) is 0 Å². The Bertz CT molecular complexity index is 723. The molecule has 3 rings (SSSR count). The summed E-state index contributed by atoms with van der Waals surface area (Å²) in [6, 6.07) is 0. The van der Waals surface area contributed by atoms with E-state index in [-0.39, 0.29) is 39.3 Å². The van der Waals surface area contributed by atoms with Gasteiger partial charge in [0.2, 0.25) is 0 Å². The summed E-state index contributed by atoms with van der Waals surface area (Å²) in [6.45, 7) is 36.0. The van der Waals surface area contributed by atoms with E-state index in [4.69, 9.17) is 0 Å². The van der Waals surface area contributed by atoms with Crippen molar-refractivity contribution in [2.45, 2.75) is 161 Å². The predicted molar refractivity (Wildman–Crippen MR) is 168 cm³/mol. The van der Waals surface area contributed by atoms with Crippen LogP contribution in [0.4, 0.5) is 0 Å². The van der Waals surface area contributed by atoms with Gasteiger partial charge < -0.3 is 10.2 Å². The van der Waals surface area contributed by atoms with Gasteiger partial charge in [0, 0.05) is 0 Å². The van der Waals surface area contributed by atoms with Crippen molar-refractivity contribution in [1.29, 1.82) is 0 Å². The Hall–Kier alpha value is -0.0800. The van der Waals surface area contributed by atoms with Gasteiger partial charge in [-0.3, -0.25) is 0 Å². The van der Waals surface area contributed by atoms with Crippen molar-refractivity contribution in [2.24, 2.45) is 73.9 Å². The molecule has 3 saturated carbocycles. The molecule has 0 spiro atoms. The molecule has 0 heterocycles. The van der Waals surface area contributed by atoms with E-state index in [9.17, 15) is 10.2 Å². The van der Waals surface area contributed by atoms with E-state index >= 15 is 0 Å². The van der Waals surface area contributed by atoms with Crippen molar-refractivity contribution in [1.82, 2.24) is 0 Å². The highest BCUT2D eigenvalue weighted by Gasteiger charge is 2.59. The molecule has 3 aliphatic carbocycles. The van der Waals surface area contributed by atoms with E-state index in [1.54, 1.807) is 0 Å². The molecule has 2 N–H and O–H groups in total. The van der Waals surface area contributed by atoms with Crippen LogP contribution < -0.4 is 0 Å². The van der Waals surface area contributed by atoms with Crippen LogP contribution in [0.2, 0.25) is 0 Å². The fourth-order valence-electron chi connectivity index (χ4n) is 9.96.